The van der Waals surface area contributed by atoms with E-state index in [0.29, 0.717) is 13.0 Å². The normalized spacial score (nSPS) is 25.6. The molecule has 5 heteroatoms. The third-order valence-corrected chi connectivity index (χ3v) is 6.20. The van der Waals surface area contributed by atoms with Crippen LogP contribution in [-0.2, 0) is 19.7 Å². The molecule has 0 saturated carbocycles. The molecule has 2 aliphatic rings. The van der Waals surface area contributed by atoms with Crippen LogP contribution in [0, 0.1) is 6.92 Å². The number of ether oxygens (including phenoxy) is 2. The molecule has 1 N–H and O–H groups in total. The van der Waals surface area contributed by atoms with Crippen LogP contribution in [0.4, 0.5) is 0 Å². The highest BCUT2D eigenvalue weighted by molar-refractivity contribution is 5.78. The van der Waals surface area contributed by atoms with E-state index < -0.39 is 0 Å². The molecule has 1 atom stereocenters. The standard InChI is InChI=1S/C24H38N2O3/c1-19-6-8-20(9-7-19)24(10-13-29-23(4,5)17-24)16-21(27)25-22(2,3)18-26-11-14-28-15-12-26/h6-9H,10-18H2,1-5H3,(H,25,27). The number of morpholine rings is 1. The fraction of sp³-hybridized carbons (Fsp3) is 0.708. The summed E-state index contributed by atoms with van der Waals surface area (Å²) in [5.74, 6) is 0.126. The number of carbonyl (C=O) groups is 1. The number of rotatable bonds is 6. The molecule has 0 aliphatic carbocycles. The summed E-state index contributed by atoms with van der Waals surface area (Å²) in [5.41, 5.74) is 1.80. The highest BCUT2D eigenvalue weighted by Gasteiger charge is 2.44. The molecular weight excluding hydrogens is 364 g/mol. The monoisotopic (exact) mass is 402 g/mol. The van der Waals surface area contributed by atoms with Gasteiger partial charge in [-0.05, 0) is 53.0 Å². The Bertz CT molecular complexity index is 693. The lowest BCUT2D eigenvalue weighted by Gasteiger charge is -2.45. The average Bonchev–Trinajstić information content (AvgIpc) is 2.61. The Balaban J connectivity index is 1.73. The molecule has 0 radical (unpaired) electrons. The molecule has 2 saturated heterocycles. The molecule has 162 valence electrons. The molecule has 29 heavy (non-hydrogen) atoms. The van der Waals surface area contributed by atoms with Gasteiger partial charge >= 0.3 is 0 Å². The smallest absolute Gasteiger partial charge is 0.221 e. The fourth-order valence-electron chi connectivity index (χ4n) is 4.97. The molecule has 5 nitrogen and oxygen atoms in total. The van der Waals surface area contributed by atoms with Gasteiger partial charge in [0.1, 0.15) is 0 Å². The lowest BCUT2D eigenvalue weighted by molar-refractivity contribution is -0.128. The van der Waals surface area contributed by atoms with Gasteiger partial charge in [0.15, 0.2) is 0 Å². The Morgan fingerprint density at radius 3 is 2.41 bits per heavy atom. The summed E-state index contributed by atoms with van der Waals surface area (Å²) in [5, 5.41) is 3.32. The van der Waals surface area contributed by atoms with Crippen molar-refractivity contribution in [2.45, 2.75) is 70.4 Å². The molecule has 0 spiro atoms. The third-order valence-electron chi connectivity index (χ3n) is 6.20. The van der Waals surface area contributed by atoms with Crippen LogP contribution in [0.1, 0.15) is 58.1 Å². The van der Waals surface area contributed by atoms with Crippen LogP contribution >= 0.6 is 0 Å². The first-order chi connectivity index (χ1) is 13.6. The lowest BCUT2D eigenvalue weighted by atomic mass is 9.67. The number of amides is 1. The van der Waals surface area contributed by atoms with Crippen LogP contribution in [-0.4, -0.2) is 61.4 Å². The van der Waals surface area contributed by atoms with Crippen molar-refractivity contribution < 1.29 is 14.3 Å². The molecule has 0 aromatic heterocycles. The van der Waals surface area contributed by atoms with Gasteiger partial charge < -0.3 is 14.8 Å². The Morgan fingerprint density at radius 2 is 1.79 bits per heavy atom. The summed E-state index contributed by atoms with van der Waals surface area (Å²) in [4.78, 5) is 15.6. The van der Waals surface area contributed by atoms with Crippen molar-refractivity contribution in [3.05, 3.63) is 35.4 Å². The van der Waals surface area contributed by atoms with Crippen molar-refractivity contribution in [1.29, 1.82) is 0 Å². The maximum absolute atomic E-state index is 13.2. The summed E-state index contributed by atoms with van der Waals surface area (Å²) in [6.45, 7) is 15.5. The Kier molecular flexibility index (Phi) is 6.71. The molecular formula is C24H38N2O3. The van der Waals surface area contributed by atoms with Gasteiger partial charge in [-0.25, -0.2) is 0 Å². The summed E-state index contributed by atoms with van der Waals surface area (Å²) >= 11 is 0. The van der Waals surface area contributed by atoms with E-state index >= 15 is 0 Å². The van der Waals surface area contributed by atoms with Crippen molar-refractivity contribution in [3.8, 4) is 0 Å². The zero-order valence-corrected chi connectivity index (χ0v) is 18.8. The minimum atomic E-state index is -0.274. The van der Waals surface area contributed by atoms with Crippen molar-refractivity contribution >= 4 is 5.91 Å². The van der Waals surface area contributed by atoms with E-state index in [1.54, 1.807) is 0 Å². The van der Waals surface area contributed by atoms with E-state index in [9.17, 15) is 4.79 Å². The molecule has 2 heterocycles. The largest absolute Gasteiger partial charge is 0.379 e. The van der Waals surface area contributed by atoms with Gasteiger partial charge in [0.2, 0.25) is 5.91 Å². The Hall–Kier alpha value is -1.43. The van der Waals surface area contributed by atoms with Gasteiger partial charge in [0.25, 0.3) is 0 Å². The number of nitrogens with zero attached hydrogens (tertiary/aromatic N) is 1. The van der Waals surface area contributed by atoms with Crippen molar-refractivity contribution in [2.24, 2.45) is 0 Å². The van der Waals surface area contributed by atoms with E-state index in [0.717, 1.165) is 45.7 Å². The quantitative estimate of drug-likeness (QED) is 0.792. The zero-order chi connectivity index (χ0) is 21.1. The number of nitrogens with one attached hydrogen (secondary N) is 1. The van der Waals surface area contributed by atoms with Crippen molar-refractivity contribution in [3.63, 3.8) is 0 Å². The van der Waals surface area contributed by atoms with Crippen LogP contribution in [0.3, 0.4) is 0 Å². The summed E-state index contributed by atoms with van der Waals surface area (Å²) < 4.78 is 11.4. The molecule has 1 amide bonds. The van der Waals surface area contributed by atoms with Crippen LogP contribution in [0.5, 0.6) is 0 Å². The van der Waals surface area contributed by atoms with E-state index in [-0.39, 0.29) is 22.5 Å². The van der Waals surface area contributed by atoms with Gasteiger partial charge in [-0.1, -0.05) is 29.8 Å². The van der Waals surface area contributed by atoms with Gasteiger partial charge in [0.05, 0.1) is 18.8 Å². The van der Waals surface area contributed by atoms with Crippen LogP contribution in [0.15, 0.2) is 24.3 Å². The van der Waals surface area contributed by atoms with Gasteiger partial charge in [-0.3, -0.25) is 9.69 Å². The SMILES string of the molecule is Cc1ccc(C2(CC(=O)NC(C)(C)CN3CCOCC3)CCOC(C)(C)C2)cc1. The average molecular weight is 403 g/mol. The van der Waals surface area contributed by atoms with Crippen LogP contribution < -0.4 is 5.32 Å². The highest BCUT2D eigenvalue weighted by atomic mass is 16.5. The molecule has 3 rings (SSSR count). The van der Waals surface area contributed by atoms with E-state index in [1.165, 1.54) is 11.1 Å². The minimum Gasteiger partial charge on any atom is -0.379 e. The van der Waals surface area contributed by atoms with Crippen molar-refractivity contribution in [2.75, 3.05) is 39.5 Å². The number of hydrogen-bond acceptors (Lipinski definition) is 4. The molecule has 1 aromatic rings. The summed E-state index contributed by atoms with van der Waals surface area (Å²) in [6, 6.07) is 8.70. The third kappa shape index (κ3) is 6.03. The van der Waals surface area contributed by atoms with E-state index in [4.69, 9.17) is 9.47 Å². The first-order valence-corrected chi connectivity index (χ1v) is 10.9. The molecule has 1 unspecified atom stereocenters. The molecule has 2 aliphatic heterocycles. The zero-order valence-electron chi connectivity index (χ0n) is 18.8. The highest BCUT2D eigenvalue weighted by Crippen LogP contribution is 2.44. The Morgan fingerprint density at radius 1 is 1.14 bits per heavy atom. The van der Waals surface area contributed by atoms with Gasteiger partial charge in [0, 0.05) is 43.6 Å². The molecule has 1 aromatic carbocycles. The number of benzene rings is 1. The lowest BCUT2D eigenvalue weighted by Crippen LogP contribution is -2.55. The maximum atomic E-state index is 13.2. The van der Waals surface area contributed by atoms with Crippen molar-refractivity contribution in [1.82, 2.24) is 10.2 Å². The van der Waals surface area contributed by atoms with Crippen LogP contribution in [0.25, 0.3) is 0 Å². The summed E-state index contributed by atoms with van der Waals surface area (Å²) in [6.07, 6.45) is 2.21. The second-order valence-corrected chi connectivity index (χ2v) is 10.2. The molecule has 0 bridgehead atoms. The first-order valence-electron chi connectivity index (χ1n) is 10.9. The fourth-order valence-corrected chi connectivity index (χ4v) is 4.97. The first kappa shape index (κ1) is 22.3. The van der Waals surface area contributed by atoms with Crippen LogP contribution in [0.2, 0.25) is 0 Å². The minimum absolute atomic E-state index is 0.126. The van der Waals surface area contributed by atoms with Gasteiger partial charge in [-0.2, -0.15) is 0 Å². The predicted octanol–water partition coefficient (Wildman–Crippen LogP) is 3.44. The summed E-state index contributed by atoms with van der Waals surface area (Å²) in [7, 11) is 0. The van der Waals surface area contributed by atoms with Gasteiger partial charge in [-0.15, -0.1) is 0 Å². The number of aryl methyl sites for hydroxylation is 1. The maximum Gasteiger partial charge on any atom is 0.221 e. The number of carbonyl (C=O) groups excluding carboxylic acids is 1. The predicted molar refractivity (Wildman–Crippen MR) is 116 cm³/mol. The van der Waals surface area contributed by atoms with E-state index in [1.807, 2.05) is 0 Å². The van der Waals surface area contributed by atoms with E-state index in [2.05, 4.69) is 69.1 Å². The Labute approximate surface area is 176 Å². The topological polar surface area (TPSA) is 50.8 Å². The number of hydrogen-bond donors (Lipinski definition) is 1. The second-order valence-electron chi connectivity index (χ2n) is 10.2. The second kappa shape index (κ2) is 8.75. The molecule has 2 fully saturated rings.